The van der Waals surface area contributed by atoms with Crippen LogP contribution in [0.4, 0.5) is 4.39 Å². The zero-order valence-electron chi connectivity index (χ0n) is 5.19. The quantitative estimate of drug-likeness (QED) is 0.387. The minimum absolute atomic E-state index is 0.394. The highest BCUT2D eigenvalue weighted by Gasteiger charge is 1.80. The van der Waals surface area contributed by atoms with Crippen LogP contribution in [-0.4, -0.2) is 6.21 Å². The van der Waals surface area contributed by atoms with Gasteiger partial charge in [0.15, 0.2) is 0 Å². The second-order valence-electron chi connectivity index (χ2n) is 1.32. The molecule has 0 heterocycles. The Hall–Kier alpha value is -0.660. The van der Waals surface area contributed by atoms with E-state index in [0.717, 1.165) is 0 Å². The highest BCUT2D eigenvalue weighted by atomic mass is 19.1. The van der Waals surface area contributed by atoms with Gasteiger partial charge in [-0.2, -0.15) is 4.39 Å². The fourth-order valence-electron chi connectivity index (χ4n) is 0.344. The van der Waals surface area contributed by atoms with Gasteiger partial charge in [0.25, 0.3) is 0 Å². The first-order chi connectivity index (χ1) is 3.81. The van der Waals surface area contributed by atoms with Crippen LogP contribution in [0.15, 0.2) is 17.0 Å². The third kappa shape index (κ3) is 3.53. The number of hydrogen-bond acceptors (Lipinski definition) is 1. The number of halogens is 1. The van der Waals surface area contributed by atoms with Crippen LogP contribution in [0.1, 0.15) is 20.3 Å². The summed E-state index contributed by atoms with van der Waals surface area (Å²) in [6.07, 6.45) is 3.56. The Kier molecular flexibility index (Phi) is 4.13. The van der Waals surface area contributed by atoms with Gasteiger partial charge in [0.05, 0.1) is 0 Å². The molecule has 0 aliphatic carbocycles. The fraction of sp³-hybridized carbons (Fsp3) is 0.500. The van der Waals surface area contributed by atoms with Crippen LogP contribution < -0.4 is 0 Å². The van der Waals surface area contributed by atoms with Crippen molar-refractivity contribution in [2.24, 2.45) is 4.99 Å². The van der Waals surface area contributed by atoms with Gasteiger partial charge in [-0.05, 0) is 19.4 Å². The van der Waals surface area contributed by atoms with E-state index in [1.54, 1.807) is 6.92 Å². The largest absolute Gasteiger partial charge is 0.233 e. The maximum atomic E-state index is 12.1. The summed E-state index contributed by atoms with van der Waals surface area (Å²) in [5.41, 5.74) is 0. The SMILES string of the molecule is C/C=N\C(F)=C/CC. The maximum Gasteiger partial charge on any atom is 0.208 e. The molecule has 0 rings (SSSR count). The molecule has 46 valence electrons. The Balaban J connectivity index is 3.61. The van der Waals surface area contributed by atoms with E-state index in [1.165, 1.54) is 12.3 Å². The summed E-state index contributed by atoms with van der Waals surface area (Å²) in [7, 11) is 0. The summed E-state index contributed by atoms with van der Waals surface area (Å²) in [6.45, 7) is 3.55. The Morgan fingerprint density at radius 2 is 2.38 bits per heavy atom. The summed E-state index contributed by atoms with van der Waals surface area (Å²) in [6, 6.07) is 0. The molecule has 0 unspecified atom stereocenters. The molecule has 0 spiro atoms. The first-order valence-corrected chi connectivity index (χ1v) is 2.65. The molecular weight excluding hydrogens is 105 g/mol. The Bertz CT molecular complexity index is 105. The highest BCUT2D eigenvalue weighted by molar-refractivity contribution is 5.54. The Morgan fingerprint density at radius 1 is 1.75 bits per heavy atom. The first-order valence-electron chi connectivity index (χ1n) is 2.65. The van der Waals surface area contributed by atoms with Crippen molar-refractivity contribution >= 4 is 6.21 Å². The standard InChI is InChI=1S/C6H10FN/c1-3-5-6(7)8-4-2/h4-5H,3H2,1-2H3/b6-5-,8-4-. The van der Waals surface area contributed by atoms with Gasteiger partial charge in [0.2, 0.25) is 5.95 Å². The van der Waals surface area contributed by atoms with Crippen molar-refractivity contribution in [2.75, 3.05) is 0 Å². The lowest BCUT2D eigenvalue weighted by Crippen LogP contribution is -1.65. The molecule has 0 atom stereocenters. The average molecular weight is 115 g/mol. The summed E-state index contributed by atoms with van der Waals surface area (Å²) in [4.78, 5) is 3.38. The molecular formula is C6H10FN. The predicted octanol–water partition coefficient (Wildman–Crippen LogP) is 2.30. The zero-order chi connectivity index (χ0) is 6.41. The molecule has 0 fully saturated rings. The van der Waals surface area contributed by atoms with E-state index in [9.17, 15) is 4.39 Å². The van der Waals surface area contributed by atoms with Gasteiger partial charge in [0.1, 0.15) is 0 Å². The molecule has 1 nitrogen and oxygen atoms in total. The van der Waals surface area contributed by atoms with Crippen LogP contribution in [0, 0.1) is 0 Å². The molecule has 0 bridgehead atoms. The van der Waals surface area contributed by atoms with Gasteiger partial charge in [-0.25, -0.2) is 4.99 Å². The van der Waals surface area contributed by atoms with Gasteiger partial charge >= 0.3 is 0 Å². The van der Waals surface area contributed by atoms with Crippen LogP contribution >= 0.6 is 0 Å². The number of allylic oxidation sites excluding steroid dienone is 1. The lowest BCUT2D eigenvalue weighted by atomic mass is 10.5. The van der Waals surface area contributed by atoms with Crippen molar-refractivity contribution in [3.8, 4) is 0 Å². The van der Waals surface area contributed by atoms with Crippen molar-refractivity contribution in [2.45, 2.75) is 20.3 Å². The van der Waals surface area contributed by atoms with E-state index >= 15 is 0 Å². The van der Waals surface area contributed by atoms with Gasteiger partial charge in [-0.15, -0.1) is 0 Å². The average Bonchev–Trinajstić information content (AvgIpc) is 1.68. The van der Waals surface area contributed by atoms with E-state index < -0.39 is 5.95 Å². The van der Waals surface area contributed by atoms with Gasteiger partial charge in [0, 0.05) is 6.21 Å². The summed E-state index contributed by atoms with van der Waals surface area (Å²) in [5, 5.41) is 0. The maximum absolute atomic E-state index is 12.1. The monoisotopic (exact) mass is 115 g/mol. The van der Waals surface area contributed by atoms with Crippen molar-refractivity contribution in [1.29, 1.82) is 0 Å². The molecule has 0 aromatic carbocycles. The van der Waals surface area contributed by atoms with Crippen LogP contribution in [0.3, 0.4) is 0 Å². The summed E-state index contributed by atoms with van der Waals surface area (Å²) < 4.78 is 12.1. The highest BCUT2D eigenvalue weighted by Crippen LogP contribution is 1.97. The molecule has 0 saturated heterocycles. The molecule has 0 amide bonds. The molecule has 0 saturated carbocycles. The summed E-state index contributed by atoms with van der Waals surface area (Å²) in [5.74, 6) is -0.394. The first kappa shape index (κ1) is 7.34. The lowest BCUT2D eigenvalue weighted by Gasteiger charge is -1.80. The number of hydrogen-bond donors (Lipinski definition) is 0. The Labute approximate surface area is 48.9 Å². The van der Waals surface area contributed by atoms with Crippen molar-refractivity contribution in [1.82, 2.24) is 0 Å². The molecule has 0 radical (unpaired) electrons. The van der Waals surface area contributed by atoms with Crippen LogP contribution in [-0.2, 0) is 0 Å². The summed E-state index contributed by atoms with van der Waals surface area (Å²) >= 11 is 0. The molecule has 0 aliphatic heterocycles. The van der Waals surface area contributed by atoms with E-state index in [-0.39, 0.29) is 0 Å². The molecule has 0 aliphatic rings. The van der Waals surface area contributed by atoms with Crippen LogP contribution in [0.25, 0.3) is 0 Å². The second kappa shape index (κ2) is 4.50. The van der Waals surface area contributed by atoms with Crippen LogP contribution in [0.5, 0.6) is 0 Å². The van der Waals surface area contributed by atoms with Crippen molar-refractivity contribution in [3.05, 3.63) is 12.0 Å². The smallest absolute Gasteiger partial charge is 0.208 e. The third-order valence-corrected chi connectivity index (χ3v) is 0.625. The number of nitrogens with zero attached hydrogens (tertiary/aromatic N) is 1. The molecule has 8 heavy (non-hydrogen) atoms. The van der Waals surface area contributed by atoms with E-state index in [0.29, 0.717) is 6.42 Å². The van der Waals surface area contributed by atoms with Gasteiger partial charge < -0.3 is 0 Å². The third-order valence-electron chi connectivity index (χ3n) is 0.625. The molecule has 0 aromatic rings. The normalized spacial score (nSPS) is 13.1. The number of aliphatic imine (C=N–C) groups is 1. The van der Waals surface area contributed by atoms with E-state index in [1.807, 2.05) is 6.92 Å². The minimum atomic E-state index is -0.394. The van der Waals surface area contributed by atoms with E-state index in [2.05, 4.69) is 4.99 Å². The number of rotatable bonds is 2. The van der Waals surface area contributed by atoms with Crippen molar-refractivity contribution < 1.29 is 4.39 Å². The lowest BCUT2D eigenvalue weighted by molar-refractivity contribution is 0.623. The van der Waals surface area contributed by atoms with E-state index in [4.69, 9.17) is 0 Å². The van der Waals surface area contributed by atoms with Crippen molar-refractivity contribution in [3.63, 3.8) is 0 Å². The molecule has 2 heteroatoms. The minimum Gasteiger partial charge on any atom is -0.233 e. The van der Waals surface area contributed by atoms with Gasteiger partial charge in [-0.1, -0.05) is 6.92 Å². The Morgan fingerprint density at radius 3 is 2.75 bits per heavy atom. The molecule has 0 aromatic heterocycles. The van der Waals surface area contributed by atoms with Gasteiger partial charge in [-0.3, -0.25) is 0 Å². The van der Waals surface area contributed by atoms with Crippen LogP contribution in [0.2, 0.25) is 0 Å². The second-order valence-corrected chi connectivity index (χ2v) is 1.32. The zero-order valence-corrected chi connectivity index (χ0v) is 5.19. The fourth-order valence-corrected chi connectivity index (χ4v) is 0.344. The molecule has 0 N–H and O–H groups in total. The predicted molar refractivity (Wildman–Crippen MR) is 33.6 cm³/mol. The topological polar surface area (TPSA) is 12.4 Å².